The Hall–Kier alpha value is -0.910. The van der Waals surface area contributed by atoms with Crippen LogP contribution in [0.25, 0.3) is 0 Å². The number of nitrogens with two attached hydrogens (primary N) is 1. The maximum atomic E-state index is 12.1. The average Bonchev–Trinajstić information content (AvgIpc) is 2.87. The minimum atomic E-state index is 0.0445. The van der Waals surface area contributed by atoms with Gasteiger partial charge in [-0.2, -0.15) is 0 Å². The molecule has 2 unspecified atom stereocenters. The highest BCUT2D eigenvalue weighted by Crippen LogP contribution is 2.33. The van der Waals surface area contributed by atoms with Gasteiger partial charge in [-0.1, -0.05) is 6.07 Å². The predicted molar refractivity (Wildman–Crippen MR) is 72.5 cm³/mol. The van der Waals surface area contributed by atoms with Gasteiger partial charge < -0.3 is 15.4 Å². The molecule has 1 aliphatic rings. The minimum Gasteiger partial charge on any atom is -0.385 e. The molecule has 2 rings (SSSR count). The van der Waals surface area contributed by atoms with E-state index >= 15 is 0 Å². The largest absolute Gasteiger partial charge is 0.385 e. The van der Waals surface area contributed by atoms with Crippen molar-refractivity contribution in [3.8, 4) is 0 Å². The Morgan fingerprint density at radius 1 is 1.61 bits per heavy atom. The molecule has 1 aromatic heterocycles. The molecule has 0 aliphatic carbocycles. The lowest BCUT2D eigenvalue weighted by molar-refractivity contribution is -0.137. The summed E-state index contributed by atoms with van der Waals surface area (Å²) < 4.78 is 5.05. The highest BCUT2D eigenvalue weighted by molar-refractivity contribution is 7.10. The van der Waals surface area contributed by atoms with Crippen molar-refractivity contribution in [3.63, 3.8) is 0 Å². The minimum absolute atomic E-state index is 0.0445. The topological polar surface area (TPSA) is 55.6 Å². The van der Waals surface area contributed by atoms with Crippen LogP contribution in [0.4, 0.5) is 0 Å². The van der Waals surface area contributed by atoms with Crippen LogP contribution >= 0.6 is 11.3 Å². The van der Waals surface area contributed by atoms with Crippen molar-refractivity contribution in [1.29, 1.82) is 0 Å². The number of carbonyl (C=O) groups excluding carboxylic acids is 1. The molecule has 0 saturated carbocycles. The summed E-state index contributed by atoms with van der Waals surface area (Å²) in [5.41, 5.74) is 6.21. The van der Waals surface area contributed by atoms with Crippen molar-refractivity contribution in [2.75, 3.05) is 20.3 Å². The molecule has 18 heavy (non-hydrogen) atoms. The molecule has 0 aromatic carbocycles. The fourth-order valence-corrected chi connectivity index (χ4v) is 3.36. The highest BCUT2D eigenvalue weighted by Gasteiger charge is 2.34. The van der Waals surface area contributed by atoms with Gasteiger partial charge in [-0.05, 0) is 24.3 Å². The number of rotatable bonds is 5. The van der Waals surface area contributed by atoms with Crippen LogP contribution in [0, 0.1) is 0 Å². The molecule has 4 nitrogen and oxygen atoms in total. The summed E-state index contributed by atoms with van der Waals surface area (Å²) in [6, 6.07) is 4.17. The van der Waals surface area contributed by atoms with Crippen LogP contribution in [0.3, 0.4) is 0 Å². The van der Waals surface area contributed by atoms with Gasteiger partial charge in [-0.25, -0.2) is 0 Å². The quantitative estimate of drug-likeness (QED) is 0.828. The number of likely N-dealkylation sites (tertiary alicyclic amines) is 1. The summed E-state index contributed by atoms with van der Waals surface area (Å²) in [5.74, 6) is 0.214. The molecule has 0 spiro atoms. The average molecular weight is 268 g/mol. The lowest BCUT2D eigenvalue weighted by Gasteiger charge is -2.39. The van der Waals surface area contributed by atoms with Gasteiger partial charge in [-0.15, -0.1) is 11.3 Å². The molecule has 2 N–H and O–H groups in total. The zero-order valence-corrected chi connectivity index (χ0v) is 11.5. The summed E-state index contributed by atoms with van der Waals surface area (Å²) in [5, 5.41) is 2.04. The number of thiophene rings is 1. The van der Waals surface area contributed by atoms with Crippen LogP contribution in [0.15, 0.2) is 17.5 Å². The molecule has 0 radical (unpaired) electrons. The maximum Gasteiger partial charge on any atom is 0.223 e. The second kappa shape index (κ2) is 6.31. The summed E-state index contributed by atoms with van der Waals surface area (Å²) in [6.45, 7) is 1.40. The molecule has 1 aromatic rings. The van der Waals surface area contributed by atoms with Crippen LogP contribution in [0.2, 0.25) is 0 Å². The molecule has 5 heteroatoms. The van der Waals surface area contributed by atoms with E-state index in [4.69, 9.17) is 10.5 Å². The first-order valence-corrected chi connectivity index (χ1v) is 7.19. The molecule has 0 bridgehead atoms. The van der Waals surface area contributed by atoms with Crippen molar-refractivity contribution in [2.45, 2.75) is 31.3 Å². The normalized spacial score (nSPS) is 24.6. The van der Waals surface area contributed by atoms with Crippen LogP contribution in [-0.4, -0.2) is 37.1 Å². The van der Waals surface area contributed by atoms with Crippen molar-refractivity contribution in [2.24, 2.45) is 5.73 Å². The predicted octanol–water partition coefficient (Wildman–Crippen LogP) is 1.78. The SMILES string of the molecule is COCCCN1C(=O)CCC(N)C1c1cccs1. The molecule has 2 atom stereocenters. The standard InChI is InChI=1S/C13H20N2O2S/c1-17-8-3-7-15-12(16)6-5-10(14)13(15)11-4-2-9-18-11/h2,4,9-10,13H,3,5-8,14H2,1H3. The number of hydrogen-bond acceptors (Lipinski definition) is 4. The monoisotopic (exact) mass is 268 g/mol. The van der Waals surface area contributed by atoms with Gasteiger partial charge in [-0.3, -0.25) is 4.79 Å². The van der Waals surface area contributed by atoms with Crippen LogP contribution in [0.1, 0.15) is 30.2 Å². The first kappa shape index (κ1) is 13.5. The zero-order valence-electron chi connectivity index (χ0n) is 10.7. The van der Waals surface area contributed by atoms with Crippen LogP contribution < -0.4 is 5.73 Å². The Morgan fingerprint density at radius 3 is 3.11 bits per heavy atom. The van der Waals surface area contributed by atoms with Gasteiger partial charge in [0.25, 0.3) is 0 Å². The number of piperidine rings is 1. The third-order valence-electron chi connectivity index (χ3n) is 3.34. The summed E-state index contributed by atoms with van der Waals surface area (Å²) in [4.78, 5) is 15.2. The van der Waals surface area contributed by atoms with Gasteiger partial charge >= 0.3 is 0 Å². The van der Waals surface area contributed by atoms with Crippen LogP contribution in [0.5, 0.6) is 0 Å². The Balaban J connectivity index is 2.11. The molecular weight excluding hydrogens is 248 g/mol. The number of carbonyl (C=O) groups is 1. The third kappa shape index (κ3) is 2.91. The van der Waals surface area contributed by atoms with E-state index in [1.165, 1.54) is 4.88 Å². The van der Waals surface area contributed by atoms with Crippen molar-refractivity contribution in [3.05, 3.63) is 22.4 Å². The van der Waals surface area contributed by atoms with Crippen LogP contribution in [-0.2, 0) is 9.53 Å². The molecule has 1 saturated heterocycles. The first-order valence-electron chi connectivity index (χ1n) is 6.31. The molecule has 1 fully saturated rings. The fraction of sp³-hybridized carbons (Fsp3) is 0.615. The summed E-state index contributed by atoms with van der Waals surface area (Å²) >= 11 is 1.67. The summed E-state index contributed by atoms with van der Waals surface area (Å²) in [7, 11) is 1.68. The number of amides is 1. The fourth-order valence-electron chi connectivity index (χ4n) is 2.45. The van der Waals surface area contributed by atoms with E-state index in [1.54, 1.807) is 18.4 Å². The summed E-state index contributed by atoms with van der Waals surface area (Å²) in [6.07, 6.45) is 2.20. The number of nitrogens with zero attached hydrogens (tertiary/aromatic N) is 1. The van der Waals surface area contributed by atoms with Crippen molar-refractivity contribution < 1.29 is 9.53 Å². The zero-order chi connectivity index (χ0) is 13.0. The molecule has 1 aliphatic heterocycles. The van der Waals surface area contributed by atoms with Gasteiger partial charge in [0, 0.05) is 37.6 Å². The van der Waals surface area contributed by atoms with Gasteiger partial charge in [0.2, 0.25) is 5.91 Å². The smallest absolute Gasteiger partial charge is 0.223 e. The van der Waals surface area contributed by atoms with Crippen molar-refractivity contribution in [1.82, 2.24) is 4.90 Å². The Morgan fingerprint density at radius 2 is 2.44 bits per heavy atom. The highest BCUT2D eigenvalue weighted by atomic mass is 32.1. The Kier molecular flexibility index (Phi) is 4.74. The van der Waals surface area contributed by atoms with E-state index in [1.807, 2.05) is 16.3 Å². The second-order valence-electron chi connectivity index (χ2n) is 4.60. The number of hydrogen-bond donors (Lipinski definition) is 1. The van der Waals surface area contributed by atoms with E-state index in [0.29, 0.717) is 13.0 Å². The molecular formula is C13H20N2O2S. The van der Waals surface area contributed by atoms with E-state index in [-0.39, 0.29) is 18.0 Å². The third-order valence-corrected chi connectivity index (χ3v) is 4.28. The van der Waals surface area contributed by atoms with E-state index < -0.39 is 0 Å². The second-order valence-corrected chi connectivity index (χ2v) is 5.58. The maximum absolute atomic E-state index is 12.1. The van der Waals surface area contributed by atoms with Crippen molar-refractivity contribution >= 4 is 17.2 Å². The Labute approximate surface area is 112 Å². The molecule has 100 valence electrons. The molecule has 1 amide bonds. The van der Waals surface area contributed by atoms with Gasteiger partial charge in [0.15, 0.2) is 0 Å². The lowest BCUT2D eigenvalue weighted by Crippen LogP contribution is -2.49. The van der Waals surface area contributed by atoms with Gasteiger partial charge in [0.1, 0.15) is 0 Å². The van der Waals surface area contributed by atoms with E-state index in [0.717, 1.165) is 19.4 Å². The van der Waals surface area contributed by atoms with E-state index in [2.05, 4.69) is 6.07 Å². The van der Waals surface area contributed by atoms with E-state index in [9.17, 15) is 4.79 Å². The molecule has 2 heterocycles. The Bertz CT molecular complexity index is 380. The lowest BCUT2D eigenvalue weighted by atomic mass is 9.95. The number of methoxy groups -OCH3 is 1. The van der Waals surface area contributed by atoms with Gasteiger partial charge in [0.05, 0.1) is 6.04 Å². The first-order chi connectivity index (χ1) is 8.74. The number of ether oxygens (including phenoxy) is 1.